The minimum absolute atomic E-state index is 0.265. The second-order valence-corrected chi connectivity index (χ2v) is 6.73. The third-order valence-electron chi connectivity index (χ3n) is 4.05. The molecule has 1 aliphatic rings. The molecule has 0 saturated carbocycles. The van der Waals surface area contributed by atoms with Crippen LogP contribution in [0.1, 0.15) is 18.5 Å². The molecule has 2 N–H and O–H groups in total. The van der Waals surface area contributed by atoms with Gasteiger partial charge in [-0.2, -0.15) is 11.8 Å². The van der Waals surface area contributed by atoms with Crippen LogP contribution in [0.5, 0.6) is 0 Å². The first-order valence-corrected chi connectivity index (χ1v) is 8.58. The molecule has 1 aromatic rings. The molecule has 118 valence electrons. The summed E-state index contributed by atoms with van der Waals surface area (Å²) in [5, 5.41) is 3.53. The van der Waals surface area contributed by atoms with E-state index in [1.54, 1.807) is 0 Å². The van der Waals surface area contributed by atoms with E-state index < -0.39 is 0 Å². The highest BCUT2D eigenvalue weighted by atomic mass is 32.2. The number of aromatic nitrogens is 1. The summed E-state index contributed by atoms with van der Waals surface area (Å²) in [4.78, 5) is 9.76. The quantitative estimate of drug-likeness (QED) is 0.644. The van der Waals surface area contributed by atoms with Crippen LogP contribution in [0.3, 0.4) is 0 Å². The van der Waals surface area contributed by atoms with Crippen LogP contribution in [0, 0.1) is 0 Å². The topological polar surface area (TPSA) is 52.7 Å². The Balaban J connectivity index is 1.89. The Labute approximate surface area is 131 Å². The van der Waals surface area contributed by atoms with Gasteiger partial charge in [0.05, 0.1) is 6.54 Å². The number of aromatic amines is 1. The lowest BCUT2D eigenvalue weighted by atomic mass is 9.99. The van der Waals surface area contributed by atoms with Crippen molar-refractivity contribution in [2.75, 3.05) is 40.1 Å². The van der Waals surface area contributed by atoms with Crippen molar-refractivity contribution in [3.05, 3.63) is 24.0 Å². The largest absolute Gasteiger partial charge is 0.381 e. The molecule has 1 fully saturated rings. The van der Waals surface area contributed by atoms with Gasteiger partial charge in [-0.3, -0.25) is 4.99 Å². The number of hydrogen-bond donors (Lipinski definition) is 2. The zero-order chi connectivity index (χ0) is 15.1. The van der Waals surface area contributed by atoms with Crippen LogP contribution in [0.15, 0.2) is 23.3 Å². The van der Waals surface area contributed by atoms with Gasteiger partial charge in [-0.15, -0.1) is 0 Å². The van der Waals surface area contributed by atoms with Gasteiger partial charge in [0.25, 0.3) is 0 Å². The first-order chi connectivity index (χ1) is 10.2. The lowest BCUT2D eigenvalue weighted by Gasteiger charge is -2.36. The van der Waals surface area contributed by atoms with Crippen molar-refractivity contribution < 1.29 is 4.74 Å². The Morgan fingerprint density at radius 3 is 2.86 bits per heavy atom. The summed E-state index contributed by atoms with van der Waals surface area (Å²) in [7, 11) is 3.90. The lowest BCUT2D eigenvalue weighted by Crippen LogP contribution is -2.48. The third kappa shape index (κ3) is 4.41. The maximum absolute atomic E-state index is 5.49. The smallest absolute Gasteiger partial charge is 0.193 e. The lowest BCUT2D eigenvalue weighted by molar-refractivity contribution is 0.0781. The van der Waals surface area contributed by atoms with Crippen molar-refractivity contribution in [1.29, 1.82) is 0 Å². The van der Waals surface area contributed by atoms with Crippen LogP contribution >= 0.6 is 11.8 Å². The summed E-state index contributed by atoms with van der Waals surface area (Å²) < 4.78 is 5.76. The Hall–Kier alpha value is -1.14. The van der Waals surface area contributed by atoms with E-state index in [0.717, 1.165) is 45.1 Å². The van der Waals surface area contributed by atoms with Gasteiger partial charge < -0.3 is 19.9 Å². The van der Waals surface area contributed by atoms with Crippen LogP contribution in [-0.4, -0.2) is 60.7 Å². The molecule has 0 aromatic carbocycles. The predicted octanol–water partition coefficient (Wildman–Crippen LogP) is 1.93. The fraction of sp³-hybridized carbons (Fsp3) is 0.667. The molecule has 1 aromatic heterocycles. The van der Waals surface area contributed by atoms with E-state index >= 15 is 0 Å². The number of aliphatic imine (C=N–C) groups is 1. The molecule has 21 heavy (non-hydrogen) atoms. The van der Waals surface area contributed by atoms with Gasteiger partial charge in [-0.1, -0.05) is 0 Å². The second kappa shape index (κ2) is 7.75. The number of guanidine groups is 1. The molecular formula is C15H26N4OS. The normalized spacial score (nSPS) is 18.5. The molecule has 1 aliphatic heterocycles. The van der Waals surface area contributed by atoms with Crippen LogP contribution in [-0.2, 0) is 11.3 Å². The van der Waals surface area contributed by atoms with Crippen LogP contribution < -0.4 is 5.32 Å². The van der Waals surface area contributed by atoms with E-state index in [1.807, 2.05) is 31.1 Å². The molecule has 0 radical (unpaired) electrons. The Bertz CT molecular complexity index is 441. The van der Waals surface area contributed by atoms with Gasteiger partial charge in [-0.25, -0.2) is 0 Å². The minimum Gasteiger partial charge on any atom is -0.381 e. The maximum atomic E-state index is 5.49. The van der Waals surface area contributed by atoms with Gasteiger partial charge in [-0.05, 0) is 31.2 Å². The van der Waals surface area contributed by atoms with E-state index in [-0.39, 0.29) is 4.75 Å². The van der Waals surface area contributed by atoms with Gasteiger partial charge in [0.1, 0.15) is 0 Å². The summed E-state index contributed by atoms with van der Waals surface area (Å²) in [6.45, 7) is 3.47. The first-order valence-electron chi connectivity index (χ1n) is 7.36. The van der Waals surface area contributed by atoms with E-state index in [0.29, 0.717) is 0 Å². The molecule has 6 heteroatoms. The highest BCUT2D eigenvalue weighted by molar-refractivity contribution is 8.00. The van der Waals surface area contributed by atoms with Crippen LogP contribution in [0.4, 0.5) is 0 Å². The van der Waals surface area contributed by atoms with E-state index in [4.69, 9.17) is 4.74 Å². The van der Waals surface area contributed by atoms with Crippen molar-refractivity contribution in [2.24, 2.45) is 4.99 Å². The number of ether oxygens (including phenoxy) is 1. The van der Waals surface area contributed by atoms with Gasteiger partial charge in [0.2, 0.25) is 0 Å². The highest BCUT2D eigenvalue weighted by Gasteiger charge is 2.32. The zero-order valence-corrected chi connectivity index (χ0v) is 14.0. The SMILES string of the molecule is CN=C(NCC1(SC)CCOCC1)N(C)Cc1ccc[nH]1. The summed E-state index contributed by atoms with van der Waals surface area (Å²) >= 11 is 1.94. The summed E-state index contributed by atoms with van der Waals surface area (Å²) in [6.07, 6.45) is 6.33. The number of nitrogens with zero attached hydrogens (tertiary/aromatic N) is 2. The predicted molar refractivity (Wildman–Crippen MR) is 89.9 cm³/mol. The number of H-pyrrole nitrogens is 1. The molecular weight excluding hydrogens is 284 g/mol. The minimum atomic E-state index is 0.265. The third-order valence-corrected chi connectivity index (χ3v) is 5.47. The summed E-state index contributed by atoms with van der Waals surface area (Å²) in [6, 6.07) is 4.11. The van der Waals surface area contributed by atoms with Crippen molar-refractivity contribution in [2.45, 2.75) is 24.1 Å². The van der Waals surface area contributed by atoms with Crippen molar-refractivity contribution >= 4 is 17.7 Å². The molecule has 2 rings (SSSR count). The average molecular weight is 310 g/mol. The van der Waals surface area contributed by atoms with Gasteiger partial charge in [0, 0.05) is 50.5 Å². The first kappa shape index (κ1) is 16.2. The van der Waals surface area contributed by atoms with Gasteiger partial charge >= 0.3 is 0 Å². The maximum Gasteiger partial charge on any atom is 0.193 e. The average Bonchev–Trinajstić information content (AvgIpc) is 3.01. The second-order valence-electron chi connectivity index (χ2n) is 5.45. The Morgan fingerprint density at radius 1 is 1.52 bits per heavy atom. The highest BCUT2D eigenvalue weighted by Crippen LogP contribution is 2.32. The summed E-state index contributed by atoms with van der Waals surface area (Å²) in [5.74, 6) is 0.935. The molecule has 0 unspecified atom stereocenters. The number of rotatable bonds is 5. The van der Waals surface area contributed by atoms with Crippen LogP contribution in [0.2, 0.25) is 0 Å². The molecule has 5 nitrogen and oxygen atoms in total. The molecule has 0 spiro atoms. The molecule has 1 saturated heterocycles. The Kier molecular flexibility index (Phi) is 5.99. The fourth-order valence-electron chi connectivity index (χ4n) is 2.62. The number of nitrogens with one attached hydrogen (secondary N) is 2. The fourth-order valence-corrected chi connectivity index (χ4v) is 3.41. The molecule has 2 heterocycles. The standard InChI is InChI=1S/C15H26N4OS/c1-16-14(19(2)11-13-5-4-8-17-13)18-12-15(21-3)6-9-20-10-7-15/h4-5,8,17H,6-7,9-12H2,1-3H3,(H,16,18). The Morgan fingerprint density at radius 2 is 2.29 bits per heavy atom. The van der Waals surface area contributed by atoms with E-state index in [2.05, 4.69) is 39.6 Å². The van der Waals surface area contributed by atoms with E-state index in [1.165, 1.54) is 5.69 Å². The van der Waals surface area contributed by atoms with Crippen molar-refractivity contribution in [3.63, 3.8) is 0 Å². The van der Waals surface area contributed by atoms with Crippen molar-refractivity contribution in [1.82, 2.24) is 15.2 Å². The monoisotopic (exact) mass is 310 g/mol. The van der Waals surface area contributed by atoms with Gasteiger partial charge in [0.15, 0.2) is 5.96 Å². The summed E-state index contributed by atoms with van der Waals surface area (Å²) in [5.41, 5.74) is 1.19. The zero-order valence-electron chi connectivity index (χ0n) is 13.2. The number of thioether (sulfide) groups is 1. The number of hydrogen-bond acceptors (Lipinski definition) is 3. The molecule has 0 aliphatic carbocycles. The molecule has 0 bridgehead atoms. The molecule has 0 atom stereocenters. The van der Waals surface area contributed by atoms with E-state index in [9.17, 15) is 0 Å². The van der Waals surface area contributed by atoms with Crippen molar-refractivity contribution in [3.8, 4) is 0 Å². The molecule has 0 amide bonds. The van der Waals surface area contributed by atoms with Crippen LogP contribution in [0.25, 0.3) is 0 Å².